The number of rotatable bonds is 5. The lowest BCUT2D eigenvalue weighted by atomic mass is 10.0. The monoisotopic (exact) mass is 412 g/mol. The molecule has 0 spiro atoms. The van der Waals surface area contributed by atoms with E-state index < -0.39 is 0 Å². The van der Waals surface area contributed by atoms with Gasteiger partial charge in [0.25, 0.3) is 5.91 Å². The number of methoxy groups -OCH3 is 2. The van der Waals surface area contributed by atoms with Crippen LogP contribution in [0.1, 0.15) is 34.9 Å². The van der Waals surface area contributed by atoms with Crippen molar-refractivity contribution in [1.82, 2.24) is 10.1 Å². The van der Waals surface area contributed by atoms with E-state index in [1.54, 1.807) is 32.4 Å². The Hall–Kier alpha value is -2.99. The van der Waals surface area contributed by atoms with Crippen molar-refractivity contribution in [2.75, 3.05) is 20.8 Å². The van der Waals surface area contributed by atoms with Crippen LogP contribution in [0.2, 0.25) is 5.02 Å². The fourth-order valence-corrected chi connectivity index (χ4v) is 3.82. The second kappa shape index (κ2) is 8.17. The Bertz CT molecular complexity index is 1020. The zero-order chi connectivity index (χ0) is 20.4. The summed E-state index contributed by atoms with van der Waals surface area (Å²) < 4.78 is 16.0. The molecule has 1 fully saturated rings. The van der Waals surface area contributed by atoms with E-state index in [2.05, 4.69) is 5.16 Å². The van der Waals surface area contributed by atoms with E-state index in [1.807, 2.05) is 35.2 Å². The molecule has 1 atom stereocenters. The van der Waals surface area contributed by atoms with Gasteiger partial charge in [0.05, 0.1) is 20.3 Å². The number of nitrogens with zero attached hydrogens (tertiary/aromatic N) is 2. The third-order valence-electron chi connectivity index (χ3n) is 5.17. The summed E-state index contributed by atoms with van der Waals surface area (Å²) in [6.07, 6.45) is 1.85. The molecule has 0 aliphatic carbocycles. The van der Waals surface area contributed by atoms with E-state index in [9.17, 15) is 4.79 Å². The second-order valence-electron chi connectivity index (χ2n) is 6.85. The summed E-state index contributed by atoms with van der Waals surface area (Å²) in [7, 11) is 3.15. The van der Waals surface area contributed by atoms with Crippen molar-refractivity contribution >= 4 is 17.5 Å². The Kier molecular flexibility index (Phi) is 5.45. The average Bonchev–Trinajstić information content (AvgIpc) is 3.43. The molecule has 6 nitrogen and oxygen atoms in total. The van der Waals surface area contributed by atoms with E-state index in [0.717, 1.165) is 24.0 Å². The molecule has 2 heterocycles. The largest absolute Gasteiger partial charge is 0.493 e. The van der Waals surface area contributed by atoms with E-state index in [0.29, 0.717) is 28.8 Å². The number of amides is 1. The van der Waals surface area contributed by atoms with Crippen molar-refractivity contribution in [2.45, 2.75) is 18.9 Å². The van der Waals surface area contributed by atoms with Gasteiger partial charge in [-0.2, -0.15) is 0 Å². The van der Waals surface area contributed by atoms with Gasteiger partial charge in [0.15, 0.2) is 23.0 Å². The van der Waals surface area contributed by atoms with Crippen LogP contribution >= 0.6 is 11.6 Å². The van der Waals surface area contributed by atoms with Crippen LogP contribution in [-0.2, 0) is 0 Å². The molecular weight excluding hydrogens is 392 g/mol. The number of aromatic nitrogens is 1. The number of carbonyl (C=O) groups excluding carboxylic acids is 1. The first-order valence-corrected chi connectivity index (χ1v) is 9.74. The molecule has 0 radical (unpaired) electrons. The van der Waals surface area contributed by atoms with Gasteiger partial charge >= 0.3 is 0 Å². The first-order chi connectivity index (χ1) is 14.1. The third-order valence-corrected chi connectivity index (χ3v) is 5.42. The molecule has 1 saturated heterocycles. The summed E-state index contributed by atoms with van der Waals surface area (Å²) >= 11 is 6.00. The van der Waals surface area contributed by atoms with Crippen molar-refractivity contribution < 1.29 is 18.8 Å². The molecular formula is C22H21ClN2O4. The van der Waals surface area contributed by atoms with Gasteiger partial charge in [0, 0.05) is 23.2 Å². The molecule has 2 aromatic carbocycles. The number of carbonyl (C=O) groups is 1. The van der Waals surface area contributed by atoms with Crippen LogP contribution in [0.25, 0.3) is 11.3 Å². The molecule has 29 heavy (non-hydrogen) atoms. The third kappa shape index (κ3) is 3.80. The molecule has 1 aromatic heterocycles. The lowest BCUT2D eigenvalue weighted by Gasteiger charge is -2.24. The summed E-state index contributed by atoms with van der Waals surface area (Å²) in [6, 6.07) is 14.7. The van der Waals surface area contributed by atoms with Crippen LogP contribution in [0.5, 0.6) is 11.5 Å². The van der Waals surface area contributed by atoms with Gasteiger partial charge in [-0.15, -0.1) is 0 Å². The first-order valence-electron chi connectivity index (χ1n) is 9.36. The van der Waals surface area contributed by atoms with Crippen LogP contribution in [0.4, 0.5) is 0 Å². The SMILES string of the molecule is COc1ccc(-c2cc(C(=O)N3CCC[C@H]3c3ccc(Cl)cc3)no2)cc1OC. The maximum atomic E-state index is 13.1. The molecule has 3 aromatic rings. The summed E-state index contributed by atoms with van der Waals surface area (Å²) in [5, 5.41) is 4.70. The predicted molar refractivity (Wildman–Crippen MR) is 110 cm³/mol. The Balaban J connectivity index is 1.57. The fourth-order valence-electron chi connectivity index (χ4n) is 3.69. The highest BCUT2D eigenvalue weighted by Crippen LogP contribution is 2.35. The number of ether oxygens (including phenoxy) is 2. The molecule has 1 aliphatic heterocycles. The maximum absolute atomic E-state index is 13.1. The van der Waals surface area contributed by atoms with Crippen LogP contribution in [0.3, 0.4) is 0 Å². The number of hydrogen-bond donors (Lipinski definition) is 0. The van der Waals surface area contributed by atoms with Crippen molar-refractivity contribution in [3.05, 3.63) is 64.8 Å². The first kappa shape index (κ1) is 19.3. The molecule has 0 saturated carbocycles. The summed E-state index contributed by atoms with van der Waals surface area (Å²) in [4.78, 5) is 14.9. The van der Waals surface area contributed by atoms with Gasteiger partial charge < -0.3 is 18.9 Å². The molecule has 0 unspecified atom stereocenters. The van der Waals surface area contributed by atoms with Crippen molar-refractivity contribution in [3.63, 3.8) is 0 Å². The van der Waals surface area contributed by atoms with Crippen LogP contribution in [-0.4, -0.2) is 36.7 Å². The van der Waals surface area contributed by atoms with Crippen molar-refractivity contribution in [2.24, 2.45) is 0 Å². The van der Waals surface area contributed by atoms with Gasteiger partial charge in [-0.3, -0.25) is 4.79 Å². The van der Waals surface area contributed by atoms with Gasteiger partial charge in [-0.25, -0.2) is 0 Å². The second-order valence-corrected chi connectivity index (χ2v) is 7.29. The smallest absolute Gasteiger partial charge is 0.276 e. The Labute approximate surface area is 174 Å². The minimum absolute atomic E-state index is 0.0148. The number of halogens is 1. The van der Waals surface area contributed by atoms with E-state index in [4.69, 9.17) is 25.6 Å². The highest BCUT2D eigenvalue weighted by Gasteiger charge is 2.32. The van der Waals surface area contributed by atoms with Crippen molar-refractivity contribution in [3.8, 4) is 22.8 Å². The van der Waals surface area contributed by atoms with Gasteiger partial charge in [-0.1, -0.05) is 28.9 Å². The topological polar surface area (TPSA) is 64.8 Å². The Morgan fingerprint density at radius 1 is 1.10 bits per heavy atom. The van der Waals surface area contributed by atoms with E-state index in [-0.39, 0.29) is 17.6 Å². The minimum Gasteiger partial charge on any atom is -0.493 e. The highest BCUT2D eigenvalue weighted by atomic mass is 35.5. The number of hydrogen-bond acceptors (Lipinski definition) is 5. The fraction of sp³-hybridized carbons (Fsp3) is 0.273. The quantitative estimate of drug-likeness (QED) is 0.590. The molecule has 0 N–H and O–H groups in total. The van der Waals surface area contributed by atoms with E-state index >= 15 is 0 Å². The molecule has 1 aliphatic rings. The Morgan fingerprint density at radius 3 is 2.59 bits per heavy atom. The van der Waals surface area contributed by atoms with Crippen LogP contribution < -0.4 is 9.47 Å². The summed E-state index contributed by atoms with van der Waals surface area (Å²) in [5.74, 6) is 1.56. The van der Waals surface area contributed by atoms with Gasteiger partial charge in [-0.05, 0) is 48.7 Å². The Morgan fingerprint density at radius 2 is 1.86 bits per heavy atom. The summed E-state index contributed by atoms with van der Waals surface area (Å²) in [6.45, 7) is 0.685. The highest BCUT2D eigenvalue weighted by molar-refractivity contribution is 6.30. The van der Waals surface area contributed by atoms with Crippen molar-refractivity contribution in [1.29, 1.82) is 0 Å². The van der Waals surface area contributed by atoms with Crippen LogP contribution in [0, 0.1) is 0 Å². The predicted octanol–water partition coefficient (Wildman–Crippen LogP) is 4.99. The lowest BCUT2D eigenvalue weighted by molar-refractivity contribution is 0.0725. The maximum Gasteiger partial charge on any atom is 0.276 e. The standard InChI is InChI=1S/C22H21ClN2O4/c1-27-19-10-7-15(12-21(19)28-2)20-13-17(24-29-20)22(26)25-11-3-4-18(25)14-5-8-16(23)9-6-14/h5-10,12-13,18H,3-4,11H2,1-2H3/t18-/m0/s1. The van der Waals surface area contributed by atoms with Gasteiger partial charge in [0.2, 0.25) is 0 Å². The van der Waals surface area contributed by atoms with E-state index in [1.165, 1.54) is 0 Å². The molecule has 4 rings (SSSR count). The summed E-state index contributed by atoms with van der Waals surface area (Å²) in [5.41, 5.74) is 2.12. The minimum atomic E-state index is -0.141. The number of likely N-dealkylation sites (tertiary alicyclic amines) is 1. The molecule has 1 amide bonds. The normalized spacial score (nSPS) is 16.1. The molecule has 0 bridgehead atoms. The molecule has 150 valence electrons. The molecule has 7 heteroatoms. The van der Waals surface area contributed by atoms with Gasteiger partial charge in [0.1, 0.15) is 0 Å². The van der Waals surface area contributed by atoms with Crippen LogP contribution in [0.15, 0.2) is 53.1 Å². The zero-order valence-electron chi connectivity index (χ0n) is 16.2. The number of benzene rings is 2. The lowest BCUT2D eigenvalue weighted by Crippen LogP contribution is -2.30. The zero-order valence-corrected chi connectivity index (χ0v) is 17.0. The average molecular weight is 413 g/mol.